The summed E-state index contributed by atoms with van der Waals surface area (Å²) in [6.45, 7) is 6.87. The lowest BCUT2D eigenvalue weighted by Gasteiger charge is -2.17. The molecular formula is C30H32ClNO3. The minimum Gasteiger partial charge on any atom is -0.497 e. The number of aromatic carboxylic acids is 1. The molecule has 0 aliphatic carbocycles. The summed E-state index contributed by atoms with van der Waals surface area (Å²) in [5.74, 6) is 0.100. The zero-order valence-electron chi connectivity index (χ0n) is 20.5. The number of hydrogen-bond acceptors (Lipinski definition) is 3. The number of hydrogen-bond donors (Lipinski definition) is 2. The van der Waals surface area contributed by atoms with Crippen molar-refractivity contribution in [3.05, 3.63) is 101 Å². The molecule has 4 aromatic carbocycles. The van der Waals surface area contributed by atoms with Gasteiger partial charge in [-0.3, -0.25) is 0 Å². The maximum absolute atomic E-state index is 12.0. The fourth-order valence-electron chi connectivity index (χ4n) is 4.43. The van der Waals surface area contributed by atoms with Gasteiger partial charge in [-0.05, 0) is 81.8 Å². The van der Waals surface area contributed by atoms with Crippen molar-refractivity contribution in [1.29, 1.82) is 0 Å². The van der Waals surface area contributed by atoms with Crippen molar-refractivity contribution in [2.75, 3.05) is 7.11 Å². The minimum absolute atomic E-state index is 0. The Morgan fingerprint density at radius 1 is 0.943 bits per heavy atom. The molecule has 0 aromatic heterocycles. The van der Waals surface area contributed by atoms with Gasteiger partial charge >= 0.3 is 5.97 Å². The Kier molecular flexibility index (Phi) is 8.55. The van der Waals surface area contributed by atoms with Crippen LogP contribution < -0.4 is 10.1 Å². The van der Waals surface area contributed by atoms with E-state index in [9.17, 15) is 9.90 Å². The van der Waals surface area contributed by atoms with Crippen molar-refractivity contribution >= 4 is 29.1 Å². The number of halogens is 1. The summed E-state index contributed by atoms with van der Waals surface area (Å²) in [4.78, 5) is 12.0. The molecule has 0 radical (unpaired) electrons. The van der Waals surface area contributed by atoms with Crippen LogP contribution in [0.4, 0.5) is 0 Å². The van der Waals surface area contributed by atoms with Crippen molar-refractivity contribution in [3.63, 3.8) is 0 Å². The normalized spacial score (nSPS) is 11.8. The molecule has 4 nitrogen and oxygen atoms in total. The second-order valence-corrected chi connectivity index (χ2v) is 9.01. The Morgan fingerprint density at radius 3 is 2.43 bits per heavy atom. The molecule has 1 atom stereocenters. The van der Waals surface area contributed by atoms with Gasteiger partial charge in [-0.1, -0.05) is 62.4 Å². The highest BCUT2D eigenvalue weighted by molar-refractivity contribution is 5.99. The van der Waals surface area contributed by atoms with E-state index < -0.39 is 5.97 Å². The van der Waals surface area contributed by atoms with Crippen LogP contribution >= 0.6 is 12.4 Å². The second-order valence-electron chi connectivity index (χ2n) is 9.01. The van der Waals surface area contributed by atoms with Crippen LogP contribution in [0.15, 0.2) is 78.9 Å². The third-order valence-corrected chi connectivity index (χ3v) is 6.34. The monoisotopic (exact) mass is 489 g/mol. The fraction of sp³-hybridized carbons (Fsp3) is 0.233. The Labute approximate surface area is 213 Å². The first-order valence-electron chi connectivity index (χ1n) is 11.6. The Morgan fingerprint density at radius 2 is 1.71 bits per heavy atom. The van der Waals surface area contributed by atoms with E-state index in [0.29, 0.717) is 12.1 Å². The number of fused-ring (bicyclic) bond motifs is 1. The van der Waals surface area contributed by atoms with Gasteiger partial charge in [0.05, 0.1) is 12.7 Å². The first-order valence-corrected chi connectivity index (χ1v) is 11.6. The third kappa shape index (κ3) is 5.84. The smallest absolute Gasteiger partial charge is 0.335 e. The Bertz CT molecular complexity index is 1330. The lowest BCUT2D eigenvalue weighted by Crippen LogP contribution is -2.18. The van der Waals surface area contributed by atoms with Crippen LogP contribution in [0.5, 0.6) is 5.75 Å². The Hall–Kier alpha value is -3.34. The Balaban J connectivity index is 0.00000342. The van der Waals surface area contributed by atoms with E-state index in [2.05, 4.69) is 42.6 Å². The highest BCUT2D eigenvalue weighted by Crippen LogP contribution is 2.33. The molecule has 4 aromatic rings. The number of methoxy groups -OCH3 is 1. The molecule has 0 heterocycles. The summed E-state index contributed by atoms with van der Waals surface area (Å²) in [7, 11) is 1.68. The molecule has 35 heavy (non-hydrogen) atoms. The van der Waals surface area contributed by atoms with Crippen LogP contribution in [0.2, 0.25) is 0 Å². The lowest BCUT2D eigenvalue weighted by atomic mass is 9.90. The van der Waals surface area contributed by atoms with E-state index in [1.165, 1.54) is 0 Å². The van der Waals surface area contributed by atoms with Gasteiger partial charge in [0, 0.05) is 12.6 Å². The van der Waals surface area contributed by atoms with Crippen molar-refractivity contribution in [2.24, 2.45) is 0 Å². The molecule has 0 aliphatic heterocycles. The first kappa shape index (κ1) is 26.3. The number of benzene rings is 4. The van der Waals surface area contributed by atoms with E-state index in [4.69, 9.17) is 4.74 Å². The molecule has 2 N–H and O–H groups in total. The summed E-state index contributed by atoms with van der Waals surface area (Å²) in [6, 6.07) is 26.7. The van der Waals surface area contributed by atoms with Gasteiger partial charge in [0.15, 0.2) is 0 Å². The first-order chi connectivity index (χ1) is 16.4. The average Bonchev–Trinajstić information content (AvgIpc) is 2.86. The highest BCUT2D eigenvalue weighted by atomic mass is 35.5. The molecule has 4 rings (SSSR count). The zero-order valence-corrected chi connectivity index (χ0v) is 21.4. The largest absolute Gasteiger partial charge is 0.497 e. The topological polar surface area (TPSA) is 58.6 Å². The second kappa shape index (κ2) is 11.4. The molecule has 0 saturated heterocycles. The number of carboxylic acid groups (broad SMARTS) is 1. The summed E-state index contributed by atoms with van der Waals surface area (Å²) >= 11 is 0. The van der Waals surface area contributed by atoms with Crippen LogP contribution in [-0.2, 0) is 6.54 Å². The average molecular weight is 490 g/mol. The molecular weight excluding hydrogens is 458 g/mol. The SMILES string of the molecule is COc1cccc([C@@H](C)NCc2cc(-c3ccc(C(C)C)c(C(=O)O)c3)c3ccccc3c2)c1.Cl. The summed E-state index contributed by atoms with van der Waals surface area (Å²) in [6.07, 6.45) is 0. The predicted octanol–water partition coefficient (Wildman–Crippen LogP) is 7.61. The summed E-state index contributed by atoms with van der Waals surface area (Å²) in [5.41, 5.74) is 5.49. The van der Waals surface area contributed by atoms with Crippen LogP contribution in [0.25, 0.3) is 21.9 Å². The van der Waals surface area contributed by atoms with E-state index in [1.807, 2.05) is 62.4 Å². The molecule has 0 bridgehead atoms. The van der Waals surface area contributed by atoms with Gasteiger partial charge in [-0.25, -0.2) is 4.79 Å². The lowest BCUT2D eigenvalue weighted by molar-refractivity contribution is 0.0695. The predicted molar refractivity (Wildman–Crippen MR) is 146 cm³/mol. The fourth-order valence-corrected chi connectivity index (χ4v) is 4.43. The van der Waals surface area contributed by atoms with E-state index in [-0.39, 0.29) is 24.4 Å². The highest BCUT2D eigenvalue weighted by Gasteiger charge is 2.16. The molecule has 0 spiro atoms. The third-order valence-electron chi connectivity index (χ3n) is 6.34. The zero-order chi connectivity index (χ0) is 24.2. The maximum atomic E-state index is 12.0. The van der Waals surface area contributed by atoms with E-state index >= 15 is 0 Å². The number of nitrogens with one attached hydrogen (secondary N) is 1. The van der Waals surface area contributed by atoms with Gasteiger partial charge < -0.3 is 15.2 Å². The van der Waals surface area contributed by atoms with Crippen LogP contribution in [-0.4, -0.2) is 18.2 Å². The van der Waals surface area contributed by atoms with Gasteiger partial charge in [0.2, 0.25) is 0 Å². The van der Waals surface area contributed by atoms with Gasteiger partial charge in [0.25, 0.3) is 0 Å². The van der Waals surface area contributed by atoms with Crippen molar-refractivity contribution in [3.8, 4) is 16.9 Å². The van der Waals surface area contributed by atoms with Gasteiger partial charge in [0.1, 0.15) is 5.75 Å². The van der Waals surface area contributed by atoms with Gasteiger partial charge in [-0.15, -0.1) is 12.4 Å². The van der Waals surface area contributed by atoms with E-state index in [1.54, 1.807) is 7.11 Å². The molecule has 0 saturated carbocycles. The van der Waals surface area contributed by atoms with Crippen molar-refractivity contribution < 1.29 is 14.6 Å². The molecule has 182 valence electrons. The number of ether oxygens (including phenoxy) is 1. The quantitative estimate of drug-likeness (QED) is 0.267. The van der Waals surface area contributed by atoms with Crippen molar-refractivity contribution in [1.82, 2.24) is 5.32 Å². The molecule has 0 unspecified atom stereocenters. The minimum atomic E-state index is -0.889. The molecule has 0 fully saturated rings. The summed E-state index contributed by atoms with van der Waals surface area (Å²) < 4.78 is 5.36. The number of rotatable bonds is 8. The van der Waals surface area contributed by atoms with Crippen molar-refractivity contribution in [2.45, 2.75) is 39.3 Å². The van der Waals surface area contributed by atoms with Crippen LogP contribution in [0.1, 0.15) is 59.8 Å². The maximum Gasteiger partial charge on any atom is 0.335 e. The number of carbonyl (C=O) groups is 1. The standard InChI is InChI=1S/C30H31NO3.ClH/c1-19(2)26-13-12-24(17-29(26)30(32)33)28-15-21(14-23-8-5-6-11-27(23)28)18-31-20(3)22-9-7-10-25(16-22)34-4;/h5-17,19-20,31H,18H2,1-4H3,(H,32,33);1H/t20-;/m1./s1. The van der Waals surface area contributed by atoms with Crippen LogP contribution in [0.3, 0.4) is 0 Å². The van der Waals surface area contributed by atoms with Gasteiger partial charge in [-0.2, -0.15) is 0 Å². The molecule has 0 aliphatic rings. The summed E-state index contributed by atoms with van der Waals surface area (Å²) in [5, 5.41) is 15.7. The van der Waals surface area contributed by atoms with E-state index in [0.717, 1.165) is 44.3 Å². The molecule has 5 heteroatoms. The molecule has 0 amide bonds. The van der Waals surface area contributed by atoms with Crippen LogP contribution in [0, 0.1) is 0 Å². The number of carboxylic acids is 1.